The first-order chi connectivity index (χ1) is 15.4. The number of aromatic nitrogens is 1. The number of amides is 1. The Morgan fingerprint density at radius 1 is 1.06 bits per heavy atom. The van der Waals surface area contributed by atoms with Gasteiger partial charge in [0.25, 0.3) is 0 Å². The maximum Gasteiger partial charge on any atom is 0.248 e. The van der Waals surface area contributed by atoms with Gasteiger partial charge in [-0.2, -0.15) is 0 Å². The number of hydrogen-bond acceptors (Lipinski definition) is 5. The van der Waals surface area contributed by atoms with Gasteiger partial charge >= 0.3 is 0 Å². The van der Waals surface area contributed by atoms with E-state index in [-0.39, 0.29) is 11.7 Å². The zero-order valence-electron chi connectivity index (χ0n) is 17.6. The van der Waals surface area contributed by atoms with Gasteiger partial charge in [-0.15, -0.1) is 0 Å². The summed E-state index contributed by atoms with van der Waals surface area (Å²) in [6, 6.07) is 18.1. The van der Waals surface area contributed by atoms with E-state index in [1.54, 1.807) is 42.5 Å². The van der Waals surface area contributed by atoms with E-state index in [9.17, 15) is 13.2 Å². The third-order valence-electron chi connectivity index (χ3n) is 4.95. The summed E-state index contributed by atoms with van der Waals surface area (Å²) in [5, 5.41) is 2.75. The molecule has 3 aromatic rings. The van der Waals surface area contributed by atoms with Crippen LogP contribution >= 0.6 is 0 Å². The quantitative estimate of drug-likeness (QED) is 0.565. The molecule has 0 atom stereocenters. The summed E-state index contributed by atoms with van der Waals surface area (Å²) < 4.78 is 31.1. The van der Waals surface area contributed by atoms with E-state index < -0.39 is 10.0 Å². The van der Waals surface area contributed by atoms with Crippen molar-refractivity contribution in [1.82, 2.24) is 4.98 Å². The van der Waals surface area contributed by atoms with Crippen molar-refractivity contribution in [3.05, 3.63) is 84.1 Å². The summed E-state index contributed by atoms with van der Waals surface area (Å²) in [6.45, 7) is 2.51. The third-order valence-corrected chi connectivity index (χ3v) is 6.82. The molecular formula is C24H23N3O4S. The van der Waals surface area contributed by atoms with Crippen LogP contribution in [0.5, 0.6) is 11.6 Å². The maximum atomic E-state index is 12.2. The van der Waals surface area contributed by atoms with Crippen LogP contribution in [0.25, 0.3) is 6.08 Å². The Morgan fingerprint density at radius 3 is 2.44 bits per heavy atom. The van der Waals surface area contributed by atoms with Crippen LogP contribution in [0.3, 0.4) is 0 Å². The Bertz CT molecular complexity index is 1220. The molecule has 2 heterocycles. The summed E-state index contributed by atoms with van der Waals surface area (Å²) in [5.41, 5.74) is 3.13. The lowest BCUT2D eigenvalue weighted by atomic mass is 10.2. The number of hydrogen-bond donors (Lipinski definition) is 1. The fraction of sp³-hybridized carbons (Fsp3) is 0.167. The van der Waals surface area contributed by atoms with Gasteiger partial charge in [0, 0.05) is 18.7 Å². The van der Waals surface area contributed by atoms with Crippen LogP contribution < -0.4 is 14.4 Å². The predicted molar refractivity (Wildman–Crippen MR) is 125 cm³/mol. The van der Waals surface area contributed by atoms with E-state index in [0.717, 1.165) is 11.1 Å². The van der Waals surface area contributed by atoms with Gasteiger partial charge in [0.1, 0.15) is 5.75 Å². The van der Waals surface area contributed by atoms with Gasteiger partial charge in [-0.1, -0.05) is 29.8 Å². The van der Waals surface area contributed by atoms with Crippen LogP contribution in [0, 0.1) is 6.92 Å². The second-order valence-corrected chi connectivity index (χ2v) is 9.47. The summed E-state index contributed by atoms with van der Waals surface area (Å²) >= 11 is 0. The number of carbonyl (C=O) groups is 1. The molecule has 1 aliphatic rings. The molecule has 1 saturated heterocycles. The standard InChI is InChI=1S/C24H23N3O4S/c1-18-3-11-22(12-4-18)31-24-14-8-20(17-25-24)26-23(28)13-7-19-5-9-21(10-6-19)27-15-2-16-32(27,29)30/h3-14,17H,2,15-16H2,1H3,(H,26,28). The van der Waals surface area contributed by atoms with Crippen molar-refractivity contribution in [2.45, 2.75) is 13.3 Å². The van der Waals surface area contributed by atoms with Crippen molar-refractivity contribution in [2.24, 2.45) is 0 Å². The Kier molecular flexibility index (Phi) is 6.23. The molecule has 1 aliphatic heterocycles. The molecule has 7 nitrogen and oxygen atoms in total. The summed E-state index contributed by atoms with van der Waals surface area (Å²) in [5.74, 6) is 1.01. The molecule has 0 radical (unpaired) electrons. The number of rotatable bonds is 6. The Hall–Kier alpha value is -3.65. The minimum absolute atomic E-state index is 0.183. The van der Waals surface area contributed by atoms with Gasteiger partial charge in [0.15, 0.2) is 0 Å². The second-order valence-electron chi connectivity index (χ2n) is 7.46. The molecule has 0 aliphatic carbocycles. The molecule has 32 heavy (non-hydrogen) atoms. The Morgan fingerprint density at radius 2 is 1.81 bits per heavy atom. The predicted octanol–water partition coefficient (Wildman–Crippen LogP) is 4.37. The molecule has 0 bridgehead atoms. The lowest BCUT2D eigenvalue weighted by Crippen LogP contribution is -2.24. The lowest BCUT2D eigenvalue weighted by molar-refractivity contribution is -0.111. The van der Waals surface area contributed by atoms with Gasteiger partial charge < -0.3 is 10.1 Å². The highest BCUT2D eigenvalue weighted by Gasteiger charge is 2.28. The zero-order valence-corrected chi connectivity index (χ0v) is 18.4. The van der Waals surface area contributed by atoms with E-state index >= 15 is 0 Å². The molecule has 4 rings (SSSR count). The molecule has 1 aromatic heterocycles. The van der Waals surface area contributed by atoms with Crippen LogP contribution in [0.15, 0.2) is 72.9 Å². The summed E-state index contributed by atoms with van der Waals surface area (Å²) in [6.07, 6.45) is 5.25. The number of sulfonamides is 1. The number of nitrogens with zero attached hydrogens (tertiary/aromatic N) is 2. The molecule has 8 heteroatoms. The molecule has 0 unspecified atom stereocenters. The largest absolute Gasteiger partial charge is 0.439 e. The van der Waals surface area contributed by atoms with Gasteiger partial charge in [-0.05, 0) is 55.3 Å². The third kappa shape index (κ3) is 5.33. The van der Waals surface area contributed by atoms with Gasteiger partial charge in [-0.25, -0.2) is 13.4 Å². The van der Waals surface area contributed by atoms with Crippen molar-refractivity contribution in [1.29, 1.82) is 0 Å². The number of anilines is 2. The second kappa shape index (κ2) is 9.23. The molecule has 0 saturated carbocycles. The fourth-order valence-electron chi connectivity index (χ4n) is 3.28. The van der Waals surface area contributed by atoms with Gasteiger partial charge in [0.2, 0.25) is 21.8 Å². The van der Waals surface area contributed by atoms with E-state index in [2.05, 4.69) is 10.3 Å². The molecule has 0 spiro atoms. The number of nitrogens with one attached hydrogen (secondary N) is 1. The Labute approximate surface area is 187 Å². The van der Waals surface area contributed by atoms with Crippen LogP contribution in [-0.2, 0) is 14.8 Å². The number of carbonyl (C=O) groups excluding carboxylic acids is 1. The number of aryl methyl sites for hydroxylation is 1. The van der Waals surface area contributed by atoms with Gasteiger partial charge in [0.05, 0.1) is 23.3 Å². The molecule has 1 fully saturated rings. The molecule has 164 valence electrons. The van der Waals surface area contributed by atoms with Crippen molar-refractivity contribution >= 4 is 33.4 Å². The SMILES string of the molecule is Cc1ccc(Oc2ccc(NC(=O)C=Cc3ccc(N4CCCS4(=O)=O)cc3)cn2)cc1. The lowest BCUT2D eigenvalue weighted by Gasteiger charge is -2.16. The van der Waals surface area contributed by atoms with Gasteiger partial charge in [-0.3, -0.25) is 9.10 Å². The normalized spacial score (nSPS) is 15.1. The van der Waals surface area contributed by atoms with Crippen molar-refractivity contribution in [3.8, 4) is 11.6 Å². The highest BCUT2D eigenvalue weighted by atomic mass is 32.2. The average Bonchev–Trinajstić information content (AvgIpc) is 3.14. The van der Waals surface area contributed by atoms with Crippen LogP contribution in [-0.4, -0.2) is 31.6 Å². The van der Waals surface area contributed by atoms with Crippen molar-refractivity contribution in [3.63, 3.8) is 0 Å². The molecule has 1 N–H and O–H groups in total. The molecule has 2 aromatic carbocycles. The summed E-state index contributed by atoms with van der Waals surface area (Å²) in [4.78, 5) is 16.4. The van der Waals surface area contributed by atoms with Crippen LogP contribution in [0.4, 0.5) is 11.4 Å². The smallest absolute Gasteiger partial charge is 0.248 e. The highest BCUT2D eigenvalue weighted by Crippen LogP contribution is 2.24. The average molecular weight is 450 g/mol. The number of ether oxygens (including phenoxy) is 1. The molecular weight excluding hydrogens is 426 g/mol. The highest BCUT2D eigenvalue weighted by molar-refractivity contribution is 7.93. The topological polar surface area (TPSA) is 88.6 Å². The first-order valence-electron chi connectivity index (χ1n) is 10.2. The van der Waals surface area contributed by atoms with Crippen LogP contribution in [0.2, 0.25) is 0 Å². The fourth-order valence-corrected chi connectivity index (χ4v) is 4.84. The minimum Gasteiger partial charge on any atom is -0.439 e. The zero-order chi connectivity index (χ0) is 22.6. The Balaban J connectivity index is 1.32. The first-order valence-corrected chi connectivity index (χ1v) is 11.8. The van der Waals surface area contributed by atoms with Crippen LogP contribution in [0.1, 0.15) is 17.5 Å². The maximum absolute atomic E-state index is 12.2. The number of pyridine rings is 1. The summed E-state index contributed by atoms with van der Waals surface area (Å²) in [7, 11) is -3.20. The first kappa shape index (κ1) is 21.6. The van der Waals surface area contributed by atoms with E-state index in [1.165, 1.54) is 16.6 Å². The minimum atomic E-state index is -3.20. The van der Waals surface area contributed by atoms with E-state index in [4.69, 9.17) is 4.74 Å². The van der Waals surface area contributed by atoms with E-state index in [1.807, 2.05) is 31.2 Å². The van der Waals surface area contributed by atoms with Crippen molar-refractivity contribution < 1.29 is 17.9 Å². The number of benzene rings is 2. The van der Waals surface area contributed by atoms with Crippen molar-refractivity contribution in [2.75, 3.05) is 21.9 Å². The van der Waals surface area contributed by atoms with E-state index in [0.29, 0.717) is 36.0 Å². The monoisotopic (exact) mass is 449 g/mol. The molecule has 1 amide bonds.